The van der Waals surface area contributed by atoms with E-state index in [9.17, 15) is 13.6 Å². The summed E-state index contributed by atoms with van der Waals surface area (Å²) in [6.45, 7) is 1.15. The number of nitrogens with zero attached hydrogens (tertiary/aromatic N) is 3. The molecule has 0 aliphatic carbocycles. The fourth-order valence-electron chi connectivity index (χ4n) is 3.85. The molecule has 1 aromatic heterocycles. The van der Waals surface area contributed by atoms with E-state index >= 15 is 0 Å². The lowest BCUT2D eigenvalue weighted by Gasteiger charge is -2.32. The molecule has 2 saturated heterocycles. The van der Waals surface area contributed by atoms with Crippen LogP contribution in [0.2, 0.25) is 10.0 Å². The first-order valence-electron chi connectivity index (χ1n) is 8.52. The Morgan fingerprint density at radius 1 is 1.15 bits per heavy atom. The predicted octanol–water partition coefficient (Wildman–Crippen LogP) is 4.55. The number of rotatable bonds is 2. The second kappa shape index (κ2) is 7.13. The Balaban J connectivity index is 1.50. The molecule has 0 saturated carbocycles. The zero-order valence-corrected chi connectivity index (χ0v) is 15.6. The molecule has 9 heteroatoms. The minimum atomic E-state index is -1.000. The van der Waals surface area contributed by atoms with Gasteiger partial charge in [-0.25, -0.2) is 13.6 Å². The highest BCUT2D eigenvalue weighted by Gasteiger charge is 2.42. The monoisotopic (exact) mass is 412 g/mol. The number of urea groups is 1. The van der Waals surface area contributed by atoms with Gasteiger partial charge in [0.1, 0.15) is 0 Å². The Kier molecular flexibility index (Phi) is 4.82. The largest absolute Gasteiger partial charge is 0.364 e. The van der Waals surface area contributed by atoms with Gasteiger partial charge < -0.3 is 15.1 Å². The number of hydrogen-bond donors (Lipinski definition) is 1. The third-order valence-corrected chi connectivity index (χ3v) is 5.64. The third kappa shape index (κ3) is 3.41. The fourth-order valence-corrected chi connectivity index (χ4v) is 4.43. The summed E-state index contributed by atoms with van der Waals surface area (Å²) < 4.78 is 26.4. The smallest absolute Gasteiger partial charge is 0.322 e. The molecule has 27 heavy (non-hydrogen) atoms. The second-order valence-electron chi connectivity index (χ2n) is 6.69. The molecule has 2 atom stereocenters. The van der Waals surface area contributed by atoms with Gasteiger partial charge in [0.15, 0.2) is 11.6 Å². The molecule has 142 valence electrons. The number of piperidine rings is 1. The number of benzene rings is 1. The quantitative estimate of drug-likeness (QED) is 0.786. The van der Waals surface area contributed by atoms with E-state index in [1.165, 1.54) is 6.07 Å². The fraction of sp³-hybridized carbons (Fsp3) is 0.333. The molecule has 2 bridgehead atoms. The van der Waals surface area contributed by atoms with Gasteiger partial charge in [0, 0.05) is 43.3 Å². The molecule has 2 aliphatic rings. The van der Waals surface area contributed by atoms with Crippen LogP contribution in [-0.2, 0) is 0 Å². The number of nitrogens with one attached hydrogen (secondary N) is 1. The van der Waals surface area contributed by atoms with E-state index in [1.807, 2.05) is 0 Å². The normalized spacial score (nSPS) is 21.5. The lowest BCUT2D eigenvalue weighted by atomic mass is 10.0. The summed E-state index contributed by atoms with van der Waals surface area (Å²) >= 11 is 12.6. The summed E-state index contributed by atoms with van der Waals surface area (Å²) in [7, 11) is 0. The van der Waals surface area contributed by atoms with Crippen LogP contribution in [0.1, 0.15) is 12.8 Å². The van der Waals surface area contributed by atoms with E-state index in [1.54, 1.807) is 17.3 Å². The molecular formula is C18H16Cl2F2N4O. The first-order valence-corrected chi connectivity index (χ1v) is 9.28. The van der Waals surface area contributed by atoms with E-state index in [0.29, 0.717) is 23.1 Å². The zero-order chi connectivity index (χ0) is 19.1. The number of likely N-dealkylation sites (tertiary alicyclic amines) is 1. The number of fused-ring (bicyclic) bond motifs is 2. The molecule has 2 fully saturated rings. The van der Waals surface area contributed by atoms with Gasteiger partial charge in [-0.2, -0.15) is 0 Å². The van der Waals surface area contributed by atoms with Gasteiger partial charge in [-0.05, 0) is 25.0 Å². The van der Waals surface area contributed by atoms with Crippen LogP contribution >= 0.6 is 23.2 Å². The maximum absolute atomic E-state index is 13.4. The Morgan fingerprint density at radius 3 is 2.59 bits per heavy atom. The summed E-state index contributed by atoms with van der Waals surface area (Å²) in [4.78, 5) is 20.5. The highest BCUT2D eigenvalue weighted by atomic mass is 35.5. The molecular weight excluding hydrogens is 397 g/mol. The number of hydrogen-bond acceptors (Lipinski definition) is 3. The van der Waals surface area contributed by atoms with Gasteiger partial charge in [-0.1, -0.05) is 23.2 Å². The molecule has 1 aromatic carbocycles. The Bertz CT molecular complexity index is 877. The highest BCUT2D eigenvalue weighted by molar-refractivity contribution is 6.38. The first kappa shape index (κ1) is 18.3. The van der Waals surface area contributed by atoms with Gasteiger partial charge in [0.2, 0.25) is 0 Å². The van der Waals surface area contributed by atoms with Crippen LogP contribution in [0.25, 0.3) is 0 Å². The van der Waals surface area contributed by atoms with Crippen LogP contribution in [0.15, 0.2) is 30.6 Å². The number of amides is 2. The van der Waals surface area contributed by atoms with Crippen molar-refractivity contribution in [1.82, 2.24) is 9.88 Å². The summed E-state index contributed by atoms with van der Waals surface area (Å²) in [5.41, 5.74) is 0.958. The lowest BCUT2D eigenvalue weighted by molar-refractivity contribution is 0.179. The van der Waals surface area contributed by atoms with E-state index in [-0.39, 0.29) is 23.8 Å². The predicted molar refractivity (Wildman–Crippen MR) is 100 cm³/mol. The maximum atomic E-state index is 13.4. The summed E-state index contributed by atoms with van der Waals surface area (Å²) in [6.07, 6.45) is 4.66. The summed E-state index contributed by atoms with van der Waals surface area (Å²) in [5.74, 6) is -1.95. The second-order valence-corrected chi connectivity index (χ2v) is 7.50. The number of anilines is 2. The molecule has 3 heterocycles. The SMILES string of the molecule is O=C(Nc1ccc(F)c(F)c1)N1CCC2CC1CN2c1c(Cl)cncc1Cl. The lowest BCUT2D eigenvalue weighted by Crippen LogP contribution is -2.46. The van der Waals surface area contributed by atoms with Gasteiger partial charge >= 0.3 is 6.03 Å². The van der Waals surface area contributed by atoms with Crippen LogP contribution in [0.3, 0.4) is 0 Å². The van der Waals surface area contributed by atoms with Gasteiger partial charge in [0.25, 0.3) is 0 Å². The standard InChI is InChI=1S/C18H16Cl2F2N4O/c19-13-7-23-8-14(20)17(13)26-9-12-6-11(26)3-4-25(12)18(27)24-10-1-2-15(21)16(22)5-10/h1-2,5,7-8,11-12H,3-4,6,9H2,(H,24,27). The van der Waals surface area contributed by atoms with E-state index in [4.69, 9.17) is 23.2 Å². The number of aromatic nitrogens is 1. The molecule has 2 amide bonds. The number of pyridine rings is 1. The molecule has 2 aliphatic heterocycles. The molecule has 5 nitrogen and oxygen atoms in total. The number of carbonyl (C=O) groups excluding carboxylic acids is 1. The maximum Gasteiger partial charge on any atom is 0.322 e. The van der Waals surface area contributed by atoms with Crippen LogP contribution < -0.4 is 10.2 Å². The summed E-state index contributed by atoms with van der Waals surface area (Å²) in [5, 5.41) is 3.60. The van der Waals surface area contributed by atoms with Crippen LogP contribution in [0.4, 0.5) is 25.0 Å². The molecule has 2 aromatic rings. The average Bonchev–Trinajstić information content (AvgIpc) is 2.94. The molecule has 1 N–H and O–H groups in total. The van der Waals surface area contributed by atoms with E-state index < -0.39 is 11.6 Å². The van der Waals surface area contributed by atoms with Crippen LogP contribution in [0.5, 0.6) is 0 Å². The average molecular weight is 413 g/mol. The zero-order valence-electron chi connectivity index (χ0n) is 14.1. The van der Waals surface area contributed by atoms with Crippen molar-refractivity contribution in [3.05, 3.63) is 52.3 Å². The Hall–Kier alpha value is -2.12. The van der Waals surface area contributed by atoms with Crippen LogP contribution in [0, 0.1) is 11.6 Å². The Labute approximate surface area is 164 Å². The van der Waals surface area contributed by atoms with Gasteiger partial charge in [-0.15, -0.1) is 0 Å². The van der Waals surface area contributed by atoms with Gasteiger partial charge in [-0.3, -0.25) is 4.98 Å². The van der Waals surface area contributed by atoms with Crippen molar-refractivity contribution >= 4 is 40.6 Å². The molecule has 0 radical (unpaired) electrons. The van der Waals surface area contributed by atoms with Crippen molar-refractivity contribution < 1.29 is 13.6 Å². The van der Waals surface area contributed by atoms with Crippen molar-refractivity contribution in [2.45, 2.75) is 24.9 Å². The van der Waals surface area contributed by atoms with Crippen molar-refractivity contribution in [3.63, 3.8) is 0 Å². The van der Waals surface area contributed by atoms with E-state index in [2.05, 4.69) is 15.2 Å². The molecule has 2 unspecified atom stereocenters. The first-order chi connectivity index (χ1) is 12.9. The number of carbonyl (C=O) groups is 1. The van der Waals surface area contributed by atoms with Crippen molar-refractivity contribution in [3.8, 4) is 0 Å². The Morgan fingerprint density at radius 2 is 1.89 bits per heavy atom. The molecule has 0 spiro atoms. The number of halogens is 4. The van der Waals surface area contributed by atoms with Gasteiger partial charge in [0.05, 0.1) is 21.8 Å². The minimum absolute atomic E-state index is 0.0191. The van der Waals surface area contributed by atoms with E-state index in [0.717, 1.165) is 30.7 Å². The van der Waals surface area contributed by atoms with Crippen LogP contribution in [-0.4, -0.2) is 41.1 Å². The third-order valence-electron chi connectivity index (χ3n) is 5.08. The minimum Gasteiger partial charge on any atom is -0.364 e. The molecule has 4 rings (SSSR count). The summed E-state index contributed by atoms with van der Waals surface area (Å²) in [6, 6.07) is 3.17. The van der Waals surface area contributed by atoms with Crippen molar-refractivity contribution in [2.24, 2.45) is 0 Å². The van der Waals surface area contributed by atoms with Crippen molar-refractivity contribution in [2.75, 3.05) is 23.3 Å². The van der Waals surface area contributed by atoms with Crippen molar-refractivity contribution in [1.29, 1.82) is 0 Å². The topological polar surface area (TPSA) is 48.5 Å². The highest BCUT2D eigenvalue weighted by Crippen LogP contribution is 2.40.